The molecule has 138 valence electrons. The third-order valence-corrected chi connectivity index (χ3v) is 2.89. The first-order valence-corrected chi connectivity index (χ1v) is 7.93. The molecule has 0 aliphatic carbocycles. The quantitative estimate of drug-likeness (QED) is 0.218. The first-order valence-electron chi connectivity index (χ1n) is 7.93. The molecule has 1 heterocycles. The molecule has 0 saturated carbocycles. The highest BCUT2D eigenvalue weighted by Crippen LogP contribution is 1.97. The lowest BCUT2D eigenvalue weighted by atomic mass is 10.2. The van der Waals surface area contributed by atoms with Crippen LogP contribution in [0.25, 0.3) is 0 Å². The van der Waals surface area contributed by atoms with Crippen molar-refractivity contribution in [1.82, 2.24) is 16.0 Å². The maximum atomic E-state index is 11.7. The van der Waals surface area contributed by atoms with Crippen LogP contribution in [-0.2, 0) is 16.1 Å². The van der Waals surface area contributed by atoms with E-state index in [9.17, 15) is 4.79 Å². The fourth-order valence-corrected chi connectivity index (χ4v) is 1.75. The molecular weight excluding hydrogens is 423 g/mol. The molecule has 0 spiro atoms. The summed E-state index contributed by atoms with van der Waals surface area (Å²) in [7, 11) is 1.67. The summed E-state index contributed by atoms with van der Waals surface area (Å²) in [5.41, 5.74) is 0. The summed E-state index contributed by atoms with van der Waals surface area (Å²) >= 11 is 0. The third kappa shape index (κ3) is 11.3. The van der Waals surface area contributed by atoms with Crippen molar-refractivity contribution in [2.24, 2.45) is 10.9 Å². The Bertz CT molecular complexity index is 464. The Kier molecular flexibility index (Phi) is 13.3. The maximum absolute atomic E-state index is 11.7. The van der Waals surface area contributed by atoms with E-state index in [4.69, 9.17) is 9.15 Å². The minimum Gasteiger partial charge on any atom is -0.467 e. The van der Waals surface area contributed by atoms with Crippen LogP contribution in [0.4, 0.5) is 0 Å². The standard InChI is InChI=1S/C16H28N4O3.HI/c1-13(2)12-22-8-5-7-18-16(17-3)20-11-15(21)19-10-14-6-4-9-23-14;/h4,6,9,13H,5,7-8,10-12H2,1-3H3,(H,19,21)(H2,17,18,20);1H. The molecule has 3 N–H and O–H groups in total. The summed E-state index contributed by atoms with van der Waals surface area (Å²) < 4.78 is 10.7. The molecule has 1 aromatic heterocycles. The first-order chi connectivity index (χ1) is 11.1. The number of carbonyl (C=O) groups is 1. The Morgan fingerprint density at radius 3 is 2.75 bits per heavy atom. The van der Waals surface area contributed by atoms with Crippen molar-refractivity contribution in [3.63, 3.8) is 0 Å². The van der Waals surface area contributed by atoms with Crippen molar-refractivity contribution in [3.8, 4) is 0 Å². The second-order valence-corrected chi connectivity index (χ2v) is 5.53. The van der Waals surface area contributed by atoms with E-state index in [0.29, 0.717) is 25.0 Å². The van der Waals surface area contributed by atoms with Gasteiger partial charge in [0.1, 0.15) is 5.76 Å². The number of furan rings is 1. The zero-order chi connectivity index (χ0) is 16.9. The van der Waals surface area contributed by atoms with Crippen LogP contribution in [0.3, 0.4) is 0 Å². The highest BCUT2D eigenvalue weighted by molar-refractivity contribution is 14.0. The van der Waals surface area contributed by atoms with Crippen LogP contribution >= 0.6 is 24.0 Å². The fraction of sp³-hybridized carbons (Fsp3) is 0.625. The van der Waals surface area contributed by atoms with Crippen molar-refractivity contribution in [2.45, 2.75) is 26.8 Å². The van der Waals surface area contributed by atoms with Gasteiger partial charge in [0.15, 0.2) is 5.96 Å². The van der Waals surface area contributed by atoms with Crippen molar-refractivity contribution >= 4 is 35.8 Å². The van der Waals surface area contributed by atoms with Crippen LogP contribution in [0.2, 0.25) is 0 Å². The predicted octanol–water partition coefficient (Wildman–Crippen LogP) is 1.74. The smallest absolute Gasteiger partial charge is 0.239 e. The molecule has 0 fully saturated rings. The van der Waals surface area contributed by atoms with Gasteiger partial charge in [-0.3, -0.25) is 9.79 Å². The van der Waals surface area contributed by atoms with Crippen LogP contribution in [0.5, 0.6) is 0 Å². The number of rotatable bonds is 10. The summed E-state index contributed by atoms with van der Waals surface area (Å²) in [6.45, 7) is 7.03. The number of amides is 1. The molecule has 1 rings (SSSR count). The Balaban J connectivity index is 0.00000529. The molecular formula is C16H29IN4O3. The van der Waals surface area contributed by atoms with Gasteiger partial charge in [-0.1, -0.05) is 13.8 Å². The van der Waals surface area contributed by atoms with E-state index in [1.807, 2.05) is 6.07 Å². The third-order valence-electron chi connectivity index (χ3n) is 2.89. The van der Waals surface area contributed by atoms with Crippen LogP contribution in [0.15, 0.2) is 27.8 Å². The number of guanidine groups is 1. The lowest BCUT2D eigenvalue weighted by Gasteiger charge is -2.12. The van der Waals surface area contributed by atoms with Crippen molar-refractivity contribution in [3.05, 3.63) is 24.2 Å². The van der Waals surface area contributed by atoms with Gasteiger partial charge in [-0.05, 0) is 24.5 Å². The molecule has 0 atom stereocenters. The maximum Gasteiger partial charge on any atom is 0.239 e. The molecule has 0 saturated heterocycles. The molecule has 1 amide bonds. The average molecular weight is 452 g/mol. The van der Waals surface area contributed by atoms with Gasteiger partial charge in [0, 0.05) is 26.8 Å². The van der Waals surface area contributed by atoms with Crippen LogP contribution in [-0.4, -0.2) is 45.2 Å². The van der Waals surface area contributed by atoms with Gasteiger partial charge in [0.2, 0.25) is 5.91 Å². The number of ether oxygens (including phenoxy) is 1. The molecule has 0 radical (unpaired) electrons. The summed E-state index contributed by atoms with van der Waals surface area (Å²) in [4.78, 5) is 15.8. The molecule has 0 bridgehead atoms. The number of hydrogen-bond acceptors (Lipinski definition) is 4. The van der Waals surface area contributed by atoms with Gasteiger partial charge in [0.05, 0.1) is 19.4 Å². The molecule has 0 aliphatic rings. The summed E-state index contributed by atoms with van der Waals surface area (Å²) in [5.74, 6) is 1.76. The van der Waals surface area contributed by atoms with Gasteiger partial charge in [0.25, 0.3) is 0 Å². The monoisotopic (exact) mass is 452 g/mol. The van der Waals surface area contributed by atoms with Gasteiger partial charge < -0.3 is 25.1 Å². The van der Waals surface area contributed by atoms with Crippen LogP contribution in [0.1, 0.15) is 26.0 Å². The average Bonchev–Trinajstić information content (AvgIpc) is 3.04. The number of nitrogens with zero attached hydrogens (tertiary/aromatic N) is 1. The lowest BCUT2D eigenvalue weighted by Crippen LogP contribution is -2.43. The Hall–Kier alpha value is -1.29. The number of aliphatic imine (C=N–C) groups is 1. The normalized spacial score (nSPS) is 11.1. The Labute approximate surface area is 161 Å². The lowest BCUT2D eigenvalue weighted by molar-refractivity contribution is -0.120. The number of carbonyl (C=O) groups excluding carboxylic acids is 1. The Morgan fingerprint density at radius 1 is 1.33 bits per heavy atom. The highest BCUT2D eigenvalue weighted by atomic mass is 127. The number of hydrogen-bond donors (Lipinski definition) is 3. The van der Waals surface area contributed by atoms with Crippen LogP contribution < -0.4 is 16.0 Å². The minimum absolute atomic E-state index is 0. The summed E-state index contributed by atoms with van der Waals surface area (Å²) in [5, 5.41) is 8.87. The molecule has 1 aromatic rings. The van der Waals surface area contributed by atoms with E-state index in [0.717, 1.165) is 25.3 Å². The number of halogens is 1. The second-order valence-electron chi connectivity index (χ2n) is 5.53. The first kappa shape index (κ1) is 22.7. The predicted molar refractivity (Wildman–Crippen MR) is 106 cm³/mol. The second kappa shape index (κ2) is 14.1. The van der Waals surface area contributed by atoms with E-state index in [1.165, 1.54) is 0 Å². The number of nitrogens with one attached hydrogen (secondary N) is 3. The molecule has 0 aliphatic heterocycles. The van der Waals surface area contributed by atoms with E-state index >= 15 is 0 Å². The highest BCUT2D eigenvalue weighted by Gasteiger charge is 2.04. The van der Waals surface area contributed by atoms with Gasteiger partial charge in [-0.25, -0.2) is 0 Å². The molecule has 24 heavy (non-hydrogen) atoms. The molecule has 8 heteroatoms. The molecule has 7 nitrogen and oxygen atoms in total. The van der Waals surface area contributed by atoms with E-state index in [2.05, 4.69) is 34.8 Å². The van der Waals surface area contributed by atoms with Crippen molar-refractivity contribution in [1.29, 1.82) is 0 Å². The topological polar surface area (TPSA) is 87.9 Å². The van der Waals surface area contributed by atoms with Gasteiger partial charge >= 0.3 is 0 Å². The van der Waals surface area contributed by atoms with E-state index in [-0.39, 0.29) is 36.4 Å². The summed E-state index contributed by atoms with van der Waals surface area (Å²) in [6, 6.07) is 3.60. The fourth-order valence-electron chi connectivity index (χ4n) is 1.75. The van der Waals surface area contributed by atoms with E-state index < -0.39 is 0 Å². The minimum atomic E-state index is -0.121. The molecule has 0 unspecified atom stereocenters. The van der Waals surface area contributed by atoms with Gasteiger partial charge in [-0.2, -0.15) is 0 Å². The van der Waals surface area contributed by atoms with E-state index in [1.54, 1.807) is 19.4 Å². The zero-order valence-corrected chi connectivity index (χ0v) is 17.0. The van der Waals surface area contributed by atoms with Crippen LogP contribution in [0, 0.1) is 5.92 Å². The SMILES string of the molecule is CN=C(NCCCOCC(C)C)NCC(=O)NCc1ccco1.I. The largest absolute Gasteiger partial charge is 0.467 e. The van der Waals surface area contributed by atoms with Gasteiger partial charge in [-0.15, -0.1) is 24.0 Å². The van der Waals surface area contributed by atoms with Crippen molar-refractivity contribution < 1.29 is 13.9 Å². The Morgan fingerprint density at radius 2 is 2.12 bits per heavy atom. The zero-order valence-electron chi connectivity index (χ0n) is 14.6. The van der Waals surface area contributed by atoms with Crippen molar-refractivity contribution in [2.75, 3.05) is 33.4 Å². The molecule has 0 aromatic carbocycles. The summed E-state index contributed by atoms with van der Waals surface area (Å²) in [6.07, 6.45) is 2.47.